The maximum absolute atomic E-state index is 12.5. The Morgan fingerprint density at radius 1 is 1.15 bits per heavy atom. The monoisotopic (exact) mass is 463 g/mol. The van der Waals surface area contributed by atoms with Crippen LogP contribution in [0.25, 0.3) is 0 Å². The van der Waals surface area contributed by atoms with Gasteiger partial charge in [-0.1, -0.05) is 46.8 Å². The average Bonchev–Trinajstić information content (AvgIpc) is 2.71. The number of nitrogens with zero attached hydrogens (tertiary/aromatic N) is 1. The van der Waals surface area contributed by atoms with Crippen LogP contribution in [0.3, 0.4) is 0 Å². The van der Waals surface area contributed by atoms with Crippen molar-refractivity contribution in [1.82, 2.24) is 0 Å². The zero-order valence-corrected chi connectivity index (χ0v) is 20.6. The summed E-state index contributed by atoms with van der Waals surface area (Å²) in [7, 11) is 0. The fourth-order valence-corrected chi connectivity index (χ4v) is 4.64. The van der Waals surface area contributed by atoms with Gasteiger partial charge in [-0.05, 0) is 55.4 Å². The highest BCUT2D eigenvalue weighted by molar-refractivity contribution is 5.71. The van der Waals surface area contributed by atoms with Crippen molar-refractivity contribution < 1.29 is 29.6 Å². The number of hydrogen-bond acceptors (Lipinski definition) is 6. The van der Waals surface area contributed by atoms with Crippen LogP contribution >= 0.6 is 0 Å². The van der Waals surface area contributed by atoms with Gasteiger partial charge in [-0.3, -0.25) is 9.59 Å². The number of carboxylic acid groups (broad SMARTS) is 1. The number of aliphatic hydroxyl groups excluding tert-OH is 2. The van der Waals surface area contributed by atoms with E-state index >= 15 is 0 Å². The van der Waals surface area contributed by atoms with Crippen molar-refractivity contribution in [3.8, 4) is 6.07 Å². The second-order valence-electron chi connectivity index (χ2n) is 10.1. The van der Waals surface area contributed by atoms with Gasteiger partial charge in [-0.2, -0.15) is 5.26 Å². The third kappa shape index (κ3) is 10.5. The summed E-state index contributed by atoms with van der Waals surface area (Å²) < 4.78 is 5.52. The van der Waals surface area contributed by atoms with Crippen molar-refractivity contribution >= 4 is 11.9 Å². The fraction of sp³-hybridized carbons (Fsp3) is 0.731. The van der Waals surface area contributed by atoms with Crippen molar-refractivity contribution in [1.29, 1.82) is 5.26 Å². The predicted octanol–water partition coefficient (Wildman–Crippen LogP) is 4.25. The maximum atomic E-state index is 12.5. The standard InChI is InChI=1S/C26H41NO6/c1-16-10-17(2)12-19(4)25(30)21(15-27)8-6-7-9-22(13-20(5)26(31)32)33-24(29)14-23(28)18(3)11-16/h6-8,16-20,22-23,25,28,30H,9-14H2,1-5H3,(H,31,32)/b7-6+,21-8-/t16-,17+,18-,19-,20+,22-,23-,25+/m0/s1. The first-order valence-electron chi connectivity index (χ1n) is 12.0. The van der Waals surface area contributed by atoms with E-state index in [4.69, 9.17) is 4.74 Å². The van der Waals surface area contributed by atoms with E-state index in [9.17, 15) is 30.2 Å². The van der Waals surface area contributed by atoms with E-state index in [0.717, 1.165) is 19.3 Å². The Balaban J connectivity index is 3.13. The molecule has 0 fully saturated rings. The lowest BCUT2D eigenvalue weighted by molar-refractivity contribution is -0.155. The van der Waals surface area contributed by atoms with Crippen LogP contribution in [0.1, 0.15) is 73.1 Å². The summed E-state index contributed by atoms with van der Waals surface area (Å²) in [6.45, 7) is 9.65. The van der Waals surface area contributed by atoms with Crippen LogP contribution < -0.4 is 0 Å². The van der Waals surface area contributed by atoms with E-state index in [1.165, 1.54) is 0 Å². The highest BCUT2D eigenvalue weighted by Crippen LogP contribution is 2.28. The van der Waals surface area contributed by atoms with Crippen LogP contribution in [0, 0.1) is 40.9 Å². The van der Waals surface area contributed by atoms with E-state index < -0.39 is 36.2 Å². The van der Waals surface area contributed by atoms with Crippen molar-refractivity contribution in [3.05, 3.63) is 23.8 Å². The van der Waals surface area contributed by atoms with Gasteiger partial charge in [0.2, 0.25) is 0 Å². The number of carbonyl (C=O) groups is 2. The van der Waals surface area contributed by atoms with E-state index in [1.54, 1.807) is 25.2 Å². The van der Waals surface area contributed by atoms with Gasteiger partial charge in [0.25, 0.3) is 0 Å². The van der Waals surface area contributed by atoms with Crippen molar-refractivity contribution in [2.24, 2.45) is 29.6 Å². The lowest BCUT2D eigenvalue weighted by Gasteiger charge is -2.27. The quantitative estimate of drug-likeness (QED) is 0.534. The zero-order valence-electron chi connectivity index (χ0n) is 20.6. The highest BCUT2D eigenvalue weighted by Gasteiger charge is 2.26. The normalized spacial score (nSPS) is 36.7. The lowest BCUT2D eigenvalue weighted by Crippen LogP contribution is -2.28. The molecule has 0 spiro atoms. The van der Waals surface area contributed by atoms with Gasteiger partial charge in [-0.25, -0.2) is 0 Å². The van der Waals surface area contributed by atoms with Gasteiger partial charge in [0.05, 0.1) is 36.2 Å². The molecule has 0 saturated heterocycles. The van der Waals surface area contributed by atoms with Crippen molar-refractivity contribution in [3.63, 3.8) is 0 Å². The van der Waals surface area contributed by atoms with Crippen LogP contribution in [0.5, 0.6) is 0 Å². The van der Waals surface area contributed by atoms with Gasteiger partial charge >= 0.3 is 11.9 Å². The molecular weight excluding hydrogens is 422 g/mol. The topological polar surface area (TPSA) is 128 Å². The Hall–Kier alpha value is -2.17. The van der Waals surface area contributed by atoms with Gasteiger partial charge < -0.3 is 20.1 Å². The Morgan fingerprint density at radius 3 is 2.33 bits per heavy atom. The van der Waals surface area contributed by atoms with Gasteiger partial charge in [-0.15, -0.1) is 0 Å². The summed E-state index contributed by atoms with van der Waals surface area (Å²) in [6.07, 6.45) is 5.23. The zero-order chi connectivity index (χ0) is 25.1. The molecule has 8 atom stereocenters. The molecule has 0 aromatic carbocycles. The van der Waals surface area contributed by atoms with Crippen LogP contribution in [-0.4, -0.2) is 45.6 Å². The van der Waals surface area contributed by atoms with Gasteiger partial charge in [0, 0.05) is 6.42 Å². The molecule has 1 aliphatic rings. The Labute approximate surface area is 198 Å². The van der Waals surface area contributed by atoms with Crippen LogP contribution in [0.4, 0.5) is 0 Å². The van der Waals surface area contributed by atoms with Gasteiger partial charge in [0.15, 0.2) is 0 Å². The molecule has 3 N–H and O–H groups in total. The van der Waals surface area contributed by atoms with Crippen LogP contribution in [0.15, 0.2) is 23.8 Å². The van der Waals surface area contributed by atoms with E-state index in [-0.39, 0.29) is 36.7 Å². The van der Waals surface area contributed by atoms with E-state index in [1.807, 2.05) is 13.8 Å². The second kappa shape index (κ2) is 14.2. The number of aliphatic hydroxyl groups is 2. The molecule has 0 radical (unpaired) electrons. The number of aliphatic carboxylic acids is 1. The number of esters is 1. The van der Waals surface area contributed by atoms with Crippen LogP contribution in [0.2, 0.25) is 0 Å². The maximum Gasteiger partial charge on any atom is 0.308 e. The summed E-state index contributed by atoms with van der Waals surface area (Å²) in [6, 6.07) is 2.07. The minimum Gasteiger partial charge on any atom is -0.481 e. The number of allylic oxidation sites excluding steroid dienone is 2. The molecule has 0 unspecified atom stereocenters. The molecule has 0 amide bonds. The number of nitriles is 1. The Bertz CT molecular complexity index is 740. The summed E-state index contributed by atoms with van der Waals surface area (Å²) in [4.78, 5) is 23.7. The molecule has 186 valence electrons. The SMILES string of the molecule is C[C@@H]1C[C@H](C)C[C@H](C)[C@@H](O)CC(=O)O[C@H](C[C@@H](C)C(=O)O)C/C=C/C=C(/C#N)[C@H](O)[C@@H](C)C1. The first kappa shape index (κ1) is 28.9. The largest absolute Gasteiger partial charge is 0.481 e. The van der Waals surface area contributed by atoms with Gasteiger partial charge in [0.1, 0.15) is 6.10 Å². The molecule has 0 saturated carbocycles. The highest BCUT2D eigenvalue weighted by atomic mass is 16.5. The molecule has 1 rings (SSSR count). The lowest BCUT2D eigenvalue weighted by atomic mass is 9.82. The molecule has 0 aliphatic carbocycles. The van der Waals surface area contributed by atoms with Crippen molar-refractivity contribution in [2.45, 2.75) is 91.5 Å². The average molecular weight is 464 g/mol. The molecule has 0 aromatic heterocycles. The number of rotatable bonds is 3. The number of hydrogen-bond donors (Lipinski definition) is 3. The summed E-state index contributed by atoms with van der Waals surface area (Å²) in [5, 5.41) is 39.9. The van der Waals surface area contributed by atoms with Crippen LogP contribution in [-0.2, 0) is 14.3 Å². The Kier molecular flexibility index (Phi) is 12.4. The Morgan fingerprint density at radius 2 is 1.76 bits per heavy atom. The summed E-state index contributed by atoms with van der Waals surface area (Å²) >= 11 is 0. The number of carboxylic acids is 1. The fourth-order valence-electron chi connectivity index (χ4n) is 4.64. The third-order valence-electron chi connectivity index (χ3n) is 6.52. The molecule has 1 aliphatic heterocycles. The smallest absolute Gasteiger partial charge is 0.308 e. The molecule has 0 aromatic rings. The first-order valence-corrected chi connectivity index (χ1v) is 12.0. The number of carbonyl (C=O) groups excluding carboxylic acids is 1. The molecule has 7 heteroatoms. The summed E-state index contributed by atoms with van der Waals surface area (Å²) in [5.41, 5.74) is 0.268. The predicted molar refractivity (Wildman–Crippen MR) is 126 cm³/mol. The van der Waals surface area contributed by atoms with E-state index in [0.29, 0.717) is 11.8 Å². The van der Waals surface area contributed by atoms with E-state index in [2.05, 4.69) is 19.9 Å². The minimum absolute atomic E-state index is 0.0847. The summed E-state index contributed by atoms with van der Waals surface area (Å²) in [5.74, 6) is -1.74. The first-order chi connectivity index (χ1) is 15.4. The number of cyclic esters (lactones) is 1. The minimum atomic E-state index is -0.977. The molecule has 0 bridgehead atoms. The third-order valence-corrected chi connectivity index (χ3v) is 6.52. The molecule has 7 nitrogen and oxygen atoms in total. The molecule has 1 heterocycles. The molecular formula is C26H41NO6. The molecule has 33 heavy (non-hydrogen) atoms. The second-order valence-corrected chi connectivity index (χ2v) is 10.1. The van der Waals surface area contributed by atoms with Crippen molar-refractivity contribution in [2.75, 3.05) is 0 Å². The number of ether oxygens (including phenoxy) is 1.